The van der Waals surface area contributed by atoms with Crippen LogP contribution < -0.4 is 24.3 Å². The standard InChI is InChI=1S/C20H21N3O5.C2H2O4/c1-23-14(13-4-5-15-16(8-13)28-11-27-15)10-22-20(23)21-9-12-6-17(25-2)19(24)18(7-12)26-3;3-1(4)2(5)6/h4-8,10,24H,9,11H2,1-3H3,(H,21,22);(H,3,4)(H,5,6). The summed E-state index contributed by atoms with van der Waals surface area (Å²) in [7, 11) is 4.94. The summed E-state index contributed by atoms with van der Waals surface area (Å²) in [5, 5.41) is 28.1. The quantitative estimate of drug-likeness (QED) is 0.389. The van der Waals surface area contributed by atoms with E-state index in [2.05, 4.69) is 10.3 Å². The SMILES string of the molecule is COc1cc(CNc2ncc(-c3ccc4c(c3)OCO4)n2C)cc(OC)c1O.O=C(O)C(=O)O. The molecule has 4 rings (SSSR count). The number of nitrogens with zero attached hydrogens (tertiary/aromatic N) is 2. The maximum atomic E-state index is 10.0. The summed E-state index contributed by atoms with van der Waals surface area (Å²) < 4.78 is 23.2. The smallest absolute Gasteiger partial charge is 0.414 e. The van der Waals surface area contributed by atoms with E-state index in [0.29, 0.717) is 24.0 Å². The molecule has 0 saturated carbocycles. The molecule has 2 heterocycles. The van der Waals surface area contributed by atoms with Gasteiger partial charge in [-0.05, 0) is 35.9 Å². The number of hydrogen-bond donors (Lipinski definition) is 4. The Balaban J connectivity index is 0.000000481. The maximum Gasteiger partial charge on any atom is 0.414 e. The number of rotatable bonds is 6. The minimum absolute atomic E-state index is 0.0177. The average molecular weight is 473 g/mol. The highest BCUT2D eigenvalue weighted by Crippen LogP contribution is 2.38. The molecule has 0 bridgehead atoms. The number of benzene rings is 2. The third-order valence-corrected chi connectivity index (χ3v) is 4.83. The van der Waals surface area contributed by atoms with Crippen LogP contribution in [0.4, 0.5) is 5.95 Å². The lowest BCUT2D eigenvalue weighted by Crippen LogP contribution is -2.09. The van der Waals surface area contributed by atoms with Gasteiger partial charge >= 0.3 is 11.9 Å². The fraction of sp³-hybridized carbons (Fsp3) is 0.227. The number of aliphatic carboxylic acids is 2. The van der Waals surface area contributed by atoms with Crippen molar-refractivity contribution < 1.29 is 43.9 Å². The van der Waals surface area contributed by atoms with Crippen LogP contribution in [-0.2, 0) is 23.2 Å². The summed E-state index contributed by atoms with van der Waals surface area (Å²) >= 11 is 0. The van der Waals surface area contributed by atoms with E-state index in [1.807, 2.05) is 29.8 Å². The van der Waals surface area contributed by atoms with Gasteiger partial charge in [0.25, 0.3) is 0 Å². The molecule has 12 heteroatoms. The van der Waals surface area contributed by atoms with Gasteiger partial charge in [0.15, 0.2) is 23.0 Å². The lowest BCUT2D eigenvalue weighted by Gasteiger charge is -2.12. The molecule has 180 valence electrons. The molecule has 0 aliphatic carbocycles. The van der Waals surface area contributed by atoms with Crippen molar-refractivity contribution in [3.05, 3.63) is 42.1 Å². The van der Waals surface area contributed by atoms with Crippen LogP contribution in [0.2, 0.25) is 0 Å². The minimum atomic E-state index is -1.82. The van der Waals surface area contributed by atoms with Gasteiger partial charge in [-0.25, -0.2) is 14.6 Å². The Morgan fingerprint density at radius 2 is 1.68 bits per heavy atom. The average Bonchev–Trinajstić information content (AvgIpc) is 3.44. The fourth-order valence-corrected chi connectivity index (χ4v) is 3.13. The molecule has 2 aromatic carbocycles. The van der Waals surface area contributed by atoms with Gasteiger partial charge in [0, 0.05) is 19.2 Å². The molecule has 0 saturated heterocycles. The van der Waals surface area contributed by atoms with E-state index in [1.54, 1.807) is 18.3 Å². The van der Waals surface area contributed by atoms with Gasteiger partial charge in [0.05, 0.1) is 26.1 Å². The molecule has 4 N–H and O–H groups in total. The molecule has 3 aromatic rings. The van der Waals surface area contributed by atoms with Crippen LogP contribution in [0.15, 0.2) is 36.5 Å². The normalized spacial score (nSPS) is 11.3. The van der Waals surface area contributed by atoms with Crippen LogP contribution in [-0.4, -0.2) is 57.8 Å². The van der Waals surface area contributed by atoms with Crippen molar-refractivity contribution in [2.75, 3.05) is 26.3 Å². The first-order valence-corrected chi connectivity index (χ1v) is 9.80. The van der Waals surface area contributed by atoms with E-state index in [1.165, 1.54) is 14.2 Å². The number of aromatic nitrogens is 2. The Morgan fingerprint density at radius 3 is 2.26 bits per heavy atom. The third kappa shape index (κ3) is 5.23. The number of imidazole rings is 1. The number of phenols is 1. The topological polar surface area (TPSA) is 162 Å². The summed E-state index contributed by atoms with van der Waals surface area (Å²) in [5.74, 6) is -0.760. The summed E-state index contributed by atoms with van der Waals surface area (Å²) in [6.07, 6.45) is 1.80. The number of nitrogens with one attached hydrogen (secondary N) is 1. The van der Waals surface area contributed by atoms with E-state index in [-0.39, 0.29) is 12.5 Å². The second-order valence-electron chi connectivity index (χ2n) is 6.91. The molecule has 0 spiro atoms. The Bertz CT molecular complexity index is 1170. The second-order valence-corrected chi connectivity index (χ2v) is 6.91. The highest BCUT2D eigenvalue weighted by molar-refractivity contribution is 6.27. The number of aromatic hydroxyl groups is 1. The zero-order valence-electron chi connectivity index (χ0n) is 18.6. The van der Waals surface area contributed by atoms with Crippen molar-refractivity contribution in [1.82, 2.24) is 9.55 Å². The number of phenolic OH excluding ortho intramolecular Hbond substituents is 1. The van der Waals surface area contributed by atoms with Crippen LogP contribution in [0.1, 0.15) is 5.56 Å². The monoisotopic (exact) mass is 473 g/mol. The Morgan fingerprint density at radius 1 is 1.06 bits per heavy atom. The molecular formula is C22H23N3O9. The fourth-order valence-electron chi connectivity index (χ4n) is 3.13. The number of fused-ring (bicyclic) bond motifs is 1. The molecule has 0 radical (unpaired) electrons. The minimum Gasteiger partial charge on any atom is -0.502 e. The van der Waals surface area contributed by atoms with Gasteiger partial charge in [-0.2, -0.15) is 0 Å². The van der Waals surface area contributed by atoms with Gasteiger partial charge in [0.2, 0.25) is 18.5 Å². The van der Waals surface area contributed by atoms with Gasteiger partial charge in [0.1, 0.15) is 0 Å². The van der Waals surface area contributed by atoms with E-state index in [4.69, 9.17) is 38.7 Å². The number of hydrogen-bond acceptors (Lipinski definition) is 9. The summed E-state index contributed by atoms with van der Waals surface area (Å²) in [6, 6.07) is 9.33. The molecule has 1 aromatic heterocycles. The molecule has 0 amide bonds. The lowest BCUT2D eigenvalue weighted by molar-refractivity contribution is -0.159. The third-order valence-electron chi connectivity index (χ3n) is 4.83. The number of carboxylic acid groups (broad SMARTS) is 2. The summed E-state index contributed by atoms with van der Waals surface area (Å²) in [5.41, 5.74) is 2.82. The highest BCUT2D eigenvalue weighted by atomic mass is 16.7. The molecular weight excluding hydrogens is 450 g/mol. The van der Waals surface area contributed by atoms with Crippen molar-refractivity contribution in [2.45, 2.75) is 6.54 Å². The molecule has 1 aliphatic rings. The van der Waals surface area contributed by atoms with Crippen molar-refractivity contribution in [1.29, 1.82) is 0 Å². The van der Waals surface area contributed by atoms with Crippen LogP contribution in [0.5, 0.6) is 28.7 Å². The van der Waals surface area contributed by atoms with Crippen molar-refractivity contribution in [3.8, 4) is 40.0 Å². The Hall–Kier alpha value is -4.61. The molecule has 0 fully saturated rings. The zero-order chi connectivity index (χ0) is 24.8. The predicted octanol–water partition coefficient (Wildman–Crippen LogP) is 2.31. The first kappa shape index (κ1) is 24.0. The van der Waals surface area contributed by atoms with Crippen molar-refractivity contribution >= 4 is 17.9 Å². The predicted molar refractivity (Wildman–Crippen MR) is 119 cm³/mol. The number of methoxy groups -OCH3 is 2. The first-order chi connectivity index (χ1) is 16.2. The second kappa shape index (κ2) is 10.3. The largest absolute Gasteiger partial charge is 0.502 e. The molecule has 0 unspecified atom stereocenters. The van der Waals surface area contributed by atoms with Gasteiger partial charge in [-0.15, -0.1) is 0 Å². The maximum absolute atomic E-state index is 10.0. The summed E-state index contributed by atoms with van der Waals surface area (Å²) in [4.78, 5) is 22.7. The van der Waals surface area contributed by atoms with Crippen LogP contribution in [0.25, 0.3) is 11.3 Å². The van der Waals surface area contributed by atoms with Crippen LogP contribution in [0.3, 0.4) is 0 Å². The Kier molecular flexibility index (Phi) is 7.31. The first-order valence-electron chi connectivity index (χ1n) is 9.80. The van der Waals surface area contributed by atoms with E-state index in [9.17, 15) is 5.11 Å². The number of ether oxygens (including phenoxy) is 4. The lowest BCUT2D eigenvalue weighted by atomic mass is 10.1. The number of carbonyl (C=O) groups is 2. The number of anilines is 1. The van der Waals surface area contributed by atoms with E-state index in [0.717, 1.165) is 28.3 Å². The summed E-state index contributed by atoms with van der Waals surface area (Å²) in [6.45, 7) is 0.731. The molecule has 0 atom stereocenters. The van der Waals surface area contributed by atoms with E-state index < -0.39 is 11.9 Å². The molecule has 34 heavy (non-hydrogen) atoms. The zero-order valence-corrected chi connectivity index (χ0v) is 18.6. The van der Waals surface area contributed by atoms with Crippen LogP contribution in [0, 0.1) is 0 Å². The Labute approximate surface area is 193 Å². The molecule has 12 nitrogen and oxygen atoms in total. The molecule has 1 aliphatic heterocycles. The highest BCUT2D eigenvalue weighted by Gasteiger charge is 2.17. The van der Waals surface area contributed by atoms with Gasteiger partial charge in [-0.3, -0.25) is 0 Å². The van der Waals surface area contributed by atoms with Crippen molar-refractivity contribution in [2.24, 2.45) is 7.05 Å². The van der Waals surface area contributed by atoms with E-state index >= 15 is 0 Å². The van der Waals surface area contributed by atoms with Crippen LogP contribution >= 0.6 is 0 Å². The van der Waals surface area contributed by atoms with Gasteiger partial charge in [-0.1, -0.05) is 0 Å². The number of carboxylic acids is 2. The van der Waals surface area contributed by atoms with Crippen molar-refractivity contribution in [3.63, 3.8) is 0 Å². The van der Waals surface area contributed by atoms with Gasteiger partial charge < -0.3 is 44.2 Å².